The van der Waals surface area contributed by atoms with E-state index in [-0.39, 0.29) is 0 Å². The highest BCUT2D eigenvalue weighted by Gasteiger charge is 2.03. The van der Waals surface area contributed by atoms with Crippen molar-refractivity contribution in [1.82, 2.24) is 9.97 Å². The van der Waals surface area contributed by atoms with Crippen LogP contribution in [-0.2, 0) is 13.0 Å². The molecule has 1 N–H and O–H groups in total. The molecule has 0 saturated heterocycles. The molecule has 0 aliphatic carbocycles. The van der Waals surface area contributed by atoms with E-state index in [0.717, 1.165) is 29.2 Å². The molecule has 0 bridgehead atoms. The number of hydrogen-bond donors (Lipinski definition) is 1. The maximum atomic E-state index is 4.43. The fourth-order valence-electron chi connectivity index (χ4n) is 1.47. The SMILES string of the molecule is CCc1nc(Br)cc(NCc2cscc2C)n1. The van der Waals surface area contributed by atoms with Gasteiger partial charge in [-0.3, -0.25) is 0 Å². The topological polar surface area (TPSA) is 37.8 Å². The fourth-order valence-corrected chi connectivity index (χ4v) is 2.75. The summed E-state index contributed by atoms with van der Waals surface area (Å²) in [6, 6.07) is 1.90. The van der Waals surface area contributed by atoms with Crippen LogP contribution in [0.1, 0.15) is 23.9 Å². The minimum Gasteiger partial charge on any atom is -0.366 e. The number of hydrogen-bond acceptors (Lipinski definition) is 4. The largest absolute Gasteiger partial charge is 0.366 e. The molecule has 90 valence electrons. The summed E-state index contributed by atoms with van der Waals surface area (Å²) < 4.78 is 0.828. The highest BCUT2D eigenvalue weighted by atomic mass is 79.9. The van der Waals surface area contributed by atoms with E-state index in [1.807, 2.05) is 6.07 Å². The predicted octanol–water partition coefficient (Wildman–Crippen LogP) is 3.78. The minimum atomic E-state index is 0.807. The quantitative estimate of drug-likeness (QED) is 0.873. The van der Waals surface area contributed by atoms with Gasteiger partial charge >= 0.3 is 0 Å². The Morgan fingerprint density at radius 2 is 2.18 bits per heavy atom. The third-order valence-corrected chi connectivity index (χ3v) is 3.80. The van der Waals surface area contributed by atoms with E-state index < -0.39 is 0 Å². The molecule has 2 heterocycles. The van der Waals surface area contributed by atoms with Crippen molar-refractivity contribution in [2.75, 3.05) is 5.32 Å². The lowest BCUT2D eigenvalue weighted by Gasteiger charge is -2.07. The number of rotatable bonds is 4. The smallest absolute Gasteiger partial charge is 0.131 e. The monoisotopic (exact) mass is 311 g/mol. The lowest BCUT2D eigenvalue weighted by Crippen LogP contribution is -2.04. The highest BCUT2D eigenvalue weighted by Crippen LogP contribution is 2.17. The Labute approximate surface area is 113 Å². The average molecular weight is 312 g/mol. The molecule has 0 fully saturated rings. The van der Waals surface area contributed by atoms with Gasteiger partial charge in [0, 0.05) is 19.0 Å². The summed E-state index contributed by atoms with van der Waals surface area (Å²) in [4.78, 5) is 8.71. The second-order valence-electron chi connectivity index (χ2n) is 3.78. The summed E-state index contributed by atoms with van der Waals surface area (Å²) in [6.45, 7) is 4.98. The Bertz CT molecular complexity index is 510. The number of aryl methyl sites for hydroxylation is 2. The zero-order valence-corrected chi connectivity index (χ0v) is 12.2. The number of nitrogens with one attached hydrogen (secondary N) is 1. The Kier molecular flexibility index (Phi) is 4.12. The number of anilines is 1. The molecule has 2 rings (SSSR count). The van der Waals surface area contributed by atoms with Crippen molar-refractivity contribution in [3.05, 3.63) is 38.4 Å². The first-order valence-corrected chi connectivity index (χ1v) is 7.21. The van der Waals surface area contributed by atoms with Gasteiger partial charge in [0.1, 0.15) is 16.2 Å². The third-order valence-electron chi connectivity index (χ3n) is 2.48. The average Bonchev–Trinajstić information content (AvgIpc) is 2.71. The summed E-state index contributed by atoms with van der Waals surface area (Å²) in [5.41, 5.74) is 2.65. The summed E-state index contributed by atoms with van der Waals surface area (Å²) in [5.74, 6) is 1.72. The fraction of sp³-hybridized carbons (Fsp3) is 0.333. The van der Waals surface area contributed by atoms with Crippen molar-refractivity contribution in [2.45, 2.75) is 26.8 Å². The third kappa shape index (κ3) is 3.26. The van der Waals surface area contributed by atoms with Crippen molar-refractivity contribution in [3.63, 3.8) is 0 Å². The molecule has 0 unspecified atom stereocenters. The standard InChI is InChI=1S/C12H14BrN3S/c1-3-11-15-10(13)4-12(16-11)14-5-9-7-17-6-8(9)2/h4,6-7H,3,5H2,1-2H3,(H,14,15,16). The second kappa shape index (κ2) is 5.60. The van der Waals surface area contributed by atoms with Gasteiger partial charge in [-0.15, -0.1) is 0 Å². The van der Waals surface area contributed by atoms with Crippen LogP contribution in [0, 0.1) is 6.92 Å². The maximum absolute atomic E-state index is 4.43. The molecular formula is C12H14BrN3S. The number of nitrogens with zero attached hydrogens (tertiary/aromatic N) is 2. The van der Waals surface area contributed by atoms with Gasteiger partial charge in [-0.2, -0.15) is 11.3 Å². The molecule has 0 aliphatic rings. The molecule has 0 spiro atoms. The van der Waals surface area contributed by atoms with Crippen LogP contribution >= 0.6 is 27.3 Å². The zero-order chi connectivity index (χ0) is 12.3. The molecule has 0 atom stereocenters. The van der Waals surface area contributed by atoms with E-state index in [9.17, 15) is 0 Å². The Morgan fingerprint density at radius 3 is 2.82 bits per heavy atom. The van der Waals surface area contributed by atoms with E-state index in [4.69, 9.17) is 0 Å². The Balaban J connectivity index is 2.09. The van der Waals surface area contributed by atoms with Gasteiger partial charge in [-0.05, 0) is 44.7 Å². The van der Waals surface area contributed by atoms with Crippen molar-refractivity contribution in [3.8, 4) is 0 Å². The lowest BCUT2D eigenvalue weighted by molar-refractivity contribution is 0.921. The lowest BCUT2D eigenvalue weighted by atomic mass is 10.2. The normalized spacial score (nSPS) is 10.5. The van der Waals surface area contributed by atoms with E-state index in [0.29, 0.717) is 0 Å². The van der Waals surface area contributed by atoms with Gasteiger partial charge in [-0.25, -0.2) is 9.97 Å². The first kappa shape index (κ1) is 12.5. The van der Waals surface area contributed by atoms with Gasteiger partial charge in [0.2, 0.25) is 0 Å². The summed E-state index contributed by atoms with van der Waals surface area (Å²) in [6.07, 6.45) is 0.839. The number of halogens is 1. The van der Waals surface area contributed by atoms with E-state index in [1.54, 1.807) is 11.3 Å². The Morgan fingerprint density at radius 1 is 1.35 bits per heavy atom. The predicted molar refractivity (Wildman–Crippen MR) is 75.5 cm³/mol. The van der Waals surface area contributed by atoms with Gasteiger partial charge in [0.05, 0.1) is 0 Å². The molecule has 5 heteroatoms. The summed E-state index contributed by atoms with van der Waals surface area (Å²) in [7, 11) is 0. The van der Waals surface area contributed by atoms with Gasteiger partial charge < -0.3 is 5.32 Å². The van der Waals surface area contributed by atoms with Crippen LogP contribution < -0.4 is 5.32 Å². The van der Waals surface area contributed by atoms with Crippen molar-refractivity contribution in [2.24, 2.45) is 0 Å². The molecular weight excluding hydrogens is 298 g/mol. The van der Waals surface area contributed by atoms with Crippen molar-refractivity contribution >= 4 is 33.1 Å². The first-order valence-electron chi connectivity index (χ1n) is 5.48. The van der Waals surface area contributed by atoms with Crippen molar-refractivity contribution < 1.29 is 0 Å². The molecule has 0 aromatic carbocycles. The van der Waals surface area contributed by atoms with Crippen molar-refractivity contribution in [1.29, 1.82) is 0 Å². The van der Waals surface area contributed by atoms with Gasteiger partial charge in [-0.1, -0.05) is 6.92 Å². The first-order chi connectivity index (χ1) is 8.19. The molecule has 0 amide bonds. The summed E-state index contributed by atoms with van der Waals surface area (Å²) in [5, 5.41) is 7.65. The molecule has 0 radical (unpaired) electrons. The molecule has 2 aromatic heterocycles. The van der Waals surface area contributed by atoms with E-state index in [1.165, 1.54) is 11.1 Å². The molecule has 17 heavy (non-hydrogen) atoms. The Hall–Kier alpha value is -0.940. The number of aromatic nitrogens is 2. The molecule has 0 aliphatic heterocycles. The van der Waals surface area contributed by atoms with Crippen LogP contribution in [0.2, 0.25) is 0 Å². The molecule has 2 aromatic rings. The highest BCUT2D eigenvalue weighted by molar-refractivity contribution is 9.10. The van der Waals surface area contributed by atoms with Crippen LogP contribution in [0.3, 0.4) is 0 Å². The van der Waals surface area contributed by atoms with Gasteiger partial charge in [0.25, 0.3) is 0 Å². The molecule has 3 nitrogen and oxygen atoms in total. The zero-order valence-electron chi connectivity index (χ0n) is 9.83. The minimum absolute atomic E-state index is 0.807. The van der Waals surface area contributed by atoms with E-state index in [2.05, 4.69) is 55.8 Å². The van der Waals surface area contributed by atoms with Gasteiger partial charge in [0.15, 0.2) is 0 Å². The van der Waals surface area contributed by atoms with Crippen LogP contribution in [0.15, 0.2) is 21.4 Å². The maximum Gasteiger partial charge on any atom is 0.131 e. The molecule has 0 saturated carbocycles. The number of thiophene rings is 1. The summed E-state index contributed by atoms with van der Waals surface area (Å²) >= 11 is 5.13. The van der Waals surface area contributed by atoms with Crippen LogP contribution in [0.5, 0.6) is 0 Å². The second-order valence-corrected chi connectivity index (χ2v) is 5.34. The van der Waals surface area contributed by atoms with Crippen LogP contribution in [0.25, 0.3) is 0 Å². The van der Waals surface area contributed by atoms with Crippen LogP contribution in [-0.4, -0.2) is 9.97 Å². The van der Waals surface area contributed by atoms with E-state index >= 15 is 0 Å². The van der Waals surface area contributed by atoms with Crippen LogP contribution in [0.4, 0.5) is 5.82 Å².